The summed E-state index contributed by atoms with van der Waals surface area (Å²) in [5, 5.41) is 0.356. The van der Waals surface area contributed by atoms with Crippen LogP contribution in [0.1, 0.15) is 0 Å². The molecule has 0 bridgehead atoms. The predicted molar refractivity (Wildman–Crippen MR) is 71.9 cm³/mol. The summed E-state index contributed by atoms with van der Waals surface area (Å²) in [4.78, 5) is 15.0. The lowest BCUT2D eigenvalue weighted by molar-refractivity contribution is 0.484. The second-order valence-corrected chi connectivity index (χ2v) is 5.54. The van der Waals surface area contributed by atoms with E-state index in [0.717, 1.165) is 0 Å². The van der Waals surface area contributed by atoms with Crippen molar-refractivity contribution in [2.24, 2.45) is 0 Å². The lowest BCUT2D eigenvalue weighted by Gasteiger charge is -2.05. The van der Waals surface area contributed by atoms with Crippen molar-refractivity contribution in [2.75, 3.05) is 0 Å². The number of benzene rings is 2. The Balaban J connectivity index is 2.65. The van der Waals surface area contributed by atoms with E-state index in [0.29, 0.717) is 16.4 Å². The van der Waals surface area contributed by atoms with Gasteiger partial charge in [-0.3, -0.25) is 9.35 Å². The maximum Gasteiger partial charge on any atom is 0.295 e. The van der Waals surface area contributed by atoms with Gasteiger partial charge in [0.05, 0.1) is 10.9 Å². The molecule has 96 valence electrons. The Labute approximate surface area is 108 Å². The molecule has 0 spiro atoms. The van der Waals surface area contributed by atoms with Gasteiger partial charge in [-0.15, -0.1) is 0 Å². The minimum absolute atomic E-state index is 0.0244. The third kappa shape index (κ3) is 1.81. The fourth-order valence-electron chi connectivity index (χ4n) is 2.15. The zero-order chi connectivity index (χ0) is 13.6. The molecule has 0 aliphatic carbocycles. The fourth-order valence-corrected chi connectivity index (χ4v) is 2.87. The van der Waals surface area contributed by atoms with E-state index in [1.54, 1.807) is 30.3 Å². The molecule has 3 aromatic rings. The third-order valence-corrected chi connectivity index (χ3v) is 3.87. The molecule has 0 radical (unpaired) electrons. The van der Waals surface area contributed by atoms with Crippen LogP contribution in [0.3, 0.4) is 0 Å². The topological polar surface area (TPSA) is 87.2 Å². The van der Waals surface area contributed by atoms with Crippen LogP contribution in [-0.4, -0.2) is 18.0 Å². The Morgan fingerprint density at radius 2 is 1.63 bits per heavy atom. The highest BCUT2D eigenvalue weighted by Gasteiger charge is 2.17. The van der Waals surface area contributed by atoms with Crippen LogP contribution < -0.4 is 5.43 Å². The summed E-state index contributed by atoms with van der Waals surface area (Å²) < 4.78 is 31.9. The van der Waals surface area contributed by atoms with Gasteiger partial charge in [-0.2, -0.15) is 8.42 Å². The molecule has 2 N–H and O–H groups in total. The van der Waals surface area contributed by atoms with Crippen molar-refractivity contribution in [3.63, 3.8) is 0 Å². The van der Waals surface area contributed by atoms with E-state index in [2.05, 4.69) is 4.98 Å². The maximum absolute atomic E-state index is 12.4. The summed E-state index contributed by atoms with van der Waals surface area (Å²) in [6, 6.07) is 11.1. The molecule has 6 heteroatoms. The van der Waals surface area contributed by atoms with Crippen molar-refractivity contribution < 1.29 is 13.0 Å². The van der Waals surface area contributed by atoms with Gasteiger partial charge in [-0.05, 0) is 24.3 Å². The summed E-state index contributed by atoms with van der Waals surface area (Å²) in [6.45, 7) is 0. The molecule has 0 unspecified atom stereocenters. The van der Waals surface area contributed by atoms with Crippen molar-refractivity contribution in [3.05, 3.63) is 52.7 Å². The minimum Gasteiger partial charge on any atom is -0.354 e. The first-order valence-electron chi connectivity index (χ1n) is 5.50. The van der Waals surface area contributed by atoms with Crippen LogP contribution in [0, 0.1) is 0 Å². The van der Waals surface area contributed by atoms with Gasteiger partial charge in [0.2, 0.25) is 0 Å². The van der Waals surface area contributed by atoms with E-state index in [1.807, 2.05) is 0 Å². The van der Waals surface area contributed by atoms with Gasteiger partial charge < -0.3 is 4.98 Å². The molecule has 1 heterocycles. The van der Waals surface area contributed by atoms with Crippen LogP contribution in [0.4, 0.5) is 0 Å². The molecule has 0 fully saturated rings. The number of hydrogen-bond donors (Lipinski definition) is 2. The number of fused-ring (bicyclic) bond motifs is 2. The highest BCUT2D eigenvalue weighted by Crippen LogP contribution is 2.21. The van der Waals surface area contributed by atoms with Crippen LogP contribution in [0.25, 0.3) is 21.8 Å². The lowest BCUT2D eigenvalue weighted by Crippen LogP contribution is -2.09. The van der Waals surface area contributed by atoms with Crippen molar-refractivity contribution in [1.82, 2.24) is 4.98 Å². The number of H-pyrrole nitrogens is 1. The smallest absolute Gasteiger partial charge is 0.295 e. The number of aromatic amines is 1. The Morgan fingerprint density at radius 1 is 0.947 bits per heavy atom. The van der Waals surface area contributed by atoms with Crippen molar-refractivity contribution in [2.45, 2.75) is 4.90 Å². The molecule has 5 nitrogen and oxygen atoms in total. The number of hydrogen-bond acceptors (Lipinski definition) is 3. The SMILES string of the molecule is O=c1c2ccccc2[nH]c2cccc(S(=O)(=O)O)c12. The number of pyridine rings is 1. The Kier molecular flexibility index (Phi) is 2.44. The number of aromatic nitrogens is 1. The van der Waals surface area contributed by atoms with Crippen LogP contribution in [0.15, 0.2) is 52.2 Å². The van der Waals surface area contributed by atoms with E-state index in [4.69, 9.17) is 0 Å². The zero-order valence-corrected chi connectivity index (χ0v) is 10.4. The monoisotopic (exact) mass is 275 g/mol. The number of nitrogens with one attached hydrogen (secondary N) is 1. The molecule has 0 atom stereocenters. The van der Waals surface area contributed by atoms with Crippen LogP contribution in [0.5, 0.6) is 0 Å². The second-order valence-electron chi connectivity index (χ2n) is 4.15. The number of rotatable bonds is 1. The summed E-state index contributed by atoms with van der Waals surface area (Å²) >= 11 is 0. The Hall–Kier alpha value is -2.18. The standard InChI is InChI=1S/C13H9NO4S/c15-13-8-4-1-2-5-9(8)14-10-6-3-7-11(12(10)13)19(16,17)18/h1-7H,(H,14,15)(H,16,17,18). The average Bonchev–Trinajstić information content (AvgIpc) is 2.37. The van der Waals surface area contributed by atoms with Crippen LogP contribution in [0.2, 0.25) is 0 Å². The van der Waals surface area contributed by atoms with E-state index >= 15 is 0 Å². The average molecular weight is 275 g/mol. The Bertz CT molecular complexity index is 957. The summed E-state index contributed by atoms with van der Waals surface area (Å²) in [7, 11) is -4.44. The molecular formula is C13H9NO4S. The molecule has 0 saturated heterocycles. The van der Waals surface area contributed by atoms with Crippen LogP contribution >= 0.6 is 0 Å². The van der Waals surface area contributed by atoms with Gasteiger partial charge in [0, 0.05) is 10.9 Å². The lowest BCUT2D eigenvalue weighted by atomic mass is 10.1. The van der Waals surface area contributed by atoms with Crippen molar-refractivity contribution in [3.8, 4) is 0 Å². The predicted octanol–water partition coefficient (Wildman–Crippen LogP) is 1.93. The third-order valence-electron chi connectivity index (χ3n) is 2.97. The molecule has 0 saturated carbocycles. The van der Waals surface area contributed by atoms with Crippen LogP contribution in [-0.2, 0) is 10.1 Å². The molecular weight excluding hydrogens is 266 g/mol. The first-order chi connectivity index (χ1) is 8.98. The van der Waals surface area contributed by atoms with Gasteiger partial charge in [-0.25, -0.2) is 0 Å². The molecule has 19 heavy (non-hydrogen) atoms. The van der Waals surface area contributed by atoms with Gasteiger partial charge in [0.25, 0.3) is 10.1 Å². The van der Waals surface area contributed by atoms with E-state index in [-0.39, 0.29) is 10.3 Å². The summed E-state index contributed by atoms with van der Waals surface area (Å²) in [5.41, 5.74) is 0.573. The second kappa shape index (κ2) is 3.91. The zero-order valence-electron chi connectivity index (χ0n) is 9.62. The molecule has 2 aromatic carbocycles. The Morgan fingerprint density at radius 3 is 2.37 bits per heavy atom. The van der Waals surface area contributed by atoms with Gasteiger partial charge >= 0.3 is 0 Å². The highest BCUT2D eigenvalue weighted by atomic mass is 32.2. The number of para-hydroxylation sites is 1. The van der Waals surface area contributed by atoms with Crippen molar-refractivity contribution in [1.29, 1.82) is 0 Å². The van der Waals surface area contributed by atoms with E-state index < -0.39 is 15.5 Å². The van der Waals surface area contributed by atoms with Gasteiger partial charge in [0.15, 0.2) is 5.43 Å². The first-order valence-corrected chi connectivity index (χ1v) is 6.94. The summed E-state index contributed by atoms with van der Waals surface area (Å²) in [5.74, 6) is 0. The normalized spacial score (nSPS) is 12.1. The fraction of sp³-hybridized carbons (Fsp3) is 0. The van der Waals surface area contributed by atoms with Crippen molar-refractivity contribution >= 4 is 31.9 Å². The molecule has 3 rings (SSSR count). The summed E-state index contributed by atoms with van der Waals surface area (Å²) in [6.07, 6.45) is 0. The van der Waals surface area contributed by atoms with Gasteiger partial charge in [-0.1, -0.05) is 18.2 Å². The molecule has 0 aliphatic rings. The van der Waals surface area contributed by atoms with E-state index in [9.17, 15) is 17.8 Å². The minimum atomic E-state index is -4.44. The largest absolute Gasteiger partial charge is 0.354 e. The maximum atomic E-state index is 12.4. The van der Waals surface area contributed by atoms with Gasteiger partial charge in [0.1, 0.15) is 4.90 Å². The quantitative estimate of drug-likeness (QED) is 0.524. The molecule has 0 amide bonds. The molecule has 1 aromatic heterocycles. The highest BCUT2D eigenvalue weighted by molar-refractivity contribution is 7.86. The first kappa shape index (κ1) is 11.9. The van der Waals surface area contributed by atoms with E-state index in [1.165, 1.54) is 12.1 Å². The molecule has 0 aliphatic heterocycles.